The van der Waals surface area contributed by atoms with Crippen LogP contribution in [0.25, 0.3) is 10.6 Å². The number of thiazole rings is 1. The van der Waals surface area contributed by atoms with Crippen molar-refractivity contribution < 1.29 is 14.0 Å². The first-order chi connectivity index (χ1) is 11.6. The number of carbonyl (C=O) groups excluding carboxylic acids is 2. The van der Waals surface area contributed by atoms with E-state index in [1.165, 1.54) is 22.5 Å². The highest BCUT2D eigenvalue weighted by Gasteiger charge is 2.51. The molecule has 0 bridgehead atoms. The predicted octanol–water partition coefficient (Wildman–Crippen LogP) is 3.43. The molecule has 0 saturated carbocycles. The minimum absolute atomic E-state index is 0.140. The van der Waals surface area contributed by atoms with E-state index in [2.05, 4.69) is 10.3 Å². The van der Waals surface area contributed by atoms with E-state index in [-0.39, 0.29) is 12.5 Å². The van der Waals surface area contributed by atoms with Crippen LogP contribution < -0.4 is 5.32 Å². The van der Waals surface area contributed by atoms with E-state index in [1.807, 2.05) is 22.2 Å². The van der Waals surface area contributed by atoms with Crippen molar-refractivity contribution in [1.82, 2.24) is 15.2 Å². The van der Waals surface area contributed by atoms with Gasteiger partial charge in [0, 0.05) is 16.3 Å². The minimum atomic E-state index is -1.17. The highest BCUT2D eigenvalue weighted by atomic mass is 32.1. The number of thiophene rings is 1. The molecule has 4 heterocycles. The maximum absolute atomic E-state index is 12.7. The number of rotatable bonds is 4. The Hall–Kier alpha value is -2.45. The van der Waals surface area contributed by atoms with E-state index in [0.717, 1.165) is 10.6 Å². The van der Waals surface area contributed by atoms with Gasteiger partial charge in [0.25, 0.3) is 5.91 Å². The Labute approximate surface area is 145 Å². The molecule has 3 aromatic rings. The summed E-state index contributed by atoms with van der Waals surface area (Å²) >= 11 is 3.10. The van der Waals surface area contributed by atoms with Crippen molar-refractivity contribution in [2.24, 2.45) is 0 Å². The third kappa shape index (κ3) is 2.35. The molecule has 0 aliphatic carbocycles. The molecule has 1 atom stereocenters. The first-order valence-electron chi connectivity index (χ1n) is 7.23. The first kappa shape index (κ1) is 15.1. The number of urea groups is 1. The Kier molecular flexibility index (Phi) is 3.50. The SMILES string of the molecule is C[C@@]1(c2ccco2)NC(=O)N(Cc2csc(-c3ccsc3)n2)C1=O. The minimum Gasteiger partial charge on any atom is -0.466 e. The molecule has 8 heteroatoms. The molecule has 3 amide bonds. The highest BCUT2D eigenvalue weighted by molar-refractivity contribution is 7.14. The van der Waals surface area contributed by atoms with Crippen LogP contribution in [-0.4, -0.2) is 21.8 Å². The molecule has 24 heavy (non-hydrogen) atoms. The smallest absolute Gasteiger partial charge is 0.325 e. The van der Waals surface area contributed by atoms with Crippen molar-refractivity contribution in [1.29, 1.82) is 0 Å². The van der Waals surface area contributed by atoms with Gasteiger partial charge < -0.3 is 9.73 Å². The fourth-order valence-corrected chi connectivity index (χ4v) is 4.15. The number of nitrogens with zero attached hydrogens (tertiary/aromatic N) is 2. The molecule has 1 aliphatic rings. The summed E-state index contributed by atoms with van der Waals surface area (Å²) in [6.07, 6.45) is 1.48. The zero-order valence-electron chi connectivity index (χ0n) is 12.7. The van der Waals surface area contributed by atoms with Gasteiger partial charge in [-0.15, -0.1) is 11.3 Å². The van der Waals surface area contributed by atoms with Gasteiger partial charge in [-0.1, -0.05) is 0 Å². The lowest BCUT2D eigenvalue weighted by molar-refractivity contribution is -0.132. The number of furan rings is 1. The molecule has 3 aromatic heterocycles. The van der Waals surface area contributed by atoms with Crippen LogP contribution in [-0.2, 0) is 16.9 Å². The van der Waals surface area contributed by atoms with Crippen LogP contribution in [0.1, 0.15) is 18.4 Å². The molecule has 6 nitrogen and oxygen atoms in total. The summed E-state index contributed by atoms with van der Waals surface area (Å²) < 4.78 is 5.32. The lowest BCUT2D eigenvalue weighted by Crippen LogP contribution is -2.40. The van der Waals surface area contributed by atoms with Gasteiger partial charge in [-0.3, -0.25) is 9.69 Å². The van der Waals surface area contributed by atoms with E-state index in [1.54, 1.807) is 30.4 Å². The quantitative estimate of drug-likeness (QED) is 0.724. The summed E-state index contributed by atoms with van der Waals surface area (Å²) in [5.41, 5.74) is 0.564. The van der Waals surface area contributed by atoms with Gasteiger partial charge in [-0.05, 0) is 30.5 Å². The molecule has 122 valence electrons. The topological polar surface area (TPSA) is 75.4 Å². The second kappa shape index (κ2) is 5.57. The van der Waals surface area contributed by atoms with Crippen molar-refractivity contribution in [2.75, 3.05) is 0 Å². The summed E-state index contributed by atoms with van der Waals surface area (Å²) in [6.45, 7) is 1.78. The number of imide groups is 1. The second-order valence-corrected chi connectivity index (χ2v) is 7.22. The van der Waals surface area contributed by atoms with Crippen LogP contribution >= 0.6 is 22.7 Å². The fraction of sp³-hybridized carbons (Fsp3) is 0.188. The molecule has 1 saturated heterocycles. The van der Waals surface area contributed by atoms with Crippen molar-refractivity contribution in [2.45, 2.75) is 19.0 Å². The molecule has 0 spiro atoms. The Balaban J connectivity index is 1.57. The molecule has 0 radical (unpaired) electrons. The van der Waals surface area contributed by atoms with E-state index in [4.69, 9.17) is 4.42 Å². The maximum Gasteiger partial charge on any atom is 0.325 e. The lowest BCUT2D eigenvalue weighted by atomic mass is 9.99. The summed E-state index contributed by atoms with van der Waals surface area (Å²) in [6, 6.07) is 4.92. The number of hydrogen-bond acceptors (Lipinski definition) is 6. The number of nitrogens with one attached hydrogen (secondary N) is 1. The predicted molar refractivity (Wildman–Crippen MR) is 90.6 cm³/mol. The number of carbonyl (C=O) groups is 2. The Morgan fingerprint density at radius 1 is 1.33 bits per heavy atom. The van der Waals surface area contributed by atoms with Gasteiger partial charge in [0.15, 0.2) is 5.54 Å². The molecule has 0 aromatic carbocycles. The Bertz CT molecular complexity index is 886. The van der Waals surface area contributed by atoms with E-state index >= 15 is 0 Å². The van der Waals surface area contributed by atoms with Gasteiger partial charge in [0.05, 0.1) is 18.5 Å². The molecule has 1 N–H and O–H groups in total. The average Bonchev–Trinajstić information content (AvgIpc) is 3.34. The molecule has 0 unspecified atom stereocenters. The van der Waals surface area contributed by atoms with Gasteiger partial charge >= 0.3 is 6.03 Å². The maximum atomic E-state index is 12.7. The number of aromatic nitrogens is 1. The third-order valence-corrected chi connectivity index (χ3v) is 5.55. The van der Waals surface area contributed by atoms with Crippen LogP contribution in [0.15, 0.2) is 45.0 Å². The summed E-state index contributed by atoms with van der Waals surface area (Å²) in [7, 11) is 0. The molecular formula is C16H13N3O3S2. The van der Waals surface area contributed by atoms with E-state index in [0.29, 0.717) is 11.5 Å². The zero-order valence-corrected chi connectivity index (χ0v) is 14.3. The second-order valence-electron chi connectivity index (χ2n) is 5.58. The molecule has 1 fully saturated rings. The number of amides is 3. The highest BCUT2D eigenvalue weighted by Crippen LogP contribution is 2.31. The van der Waals surface area contributed by atoms with E-state index in [9.17, 15) is 9.59 Å². The summed E-state index contributed by atoms with van der Waals surface area (Å²) in [5.74, 6) is 0.0770. The first-order valence-corrected chi connectivity index (χ1v) is 9.05. The van der Waals surface area contributed by atoms with Crippen molar-refractivity contribution in [3.05, 3.63) is 52.1 Å². The van der Waals surface area contributed by atoms with Crippen LogP contribution in [0.2, 0.25) is 0 Å². The van der Waals surface area contributed by atoms with Crippen LogP contribution in [0.4, 0.5) is 4.79 Å². The van der Waals surface area contributed by atoms with Gasteiger partial charge in [-0.2, -0.15) is 11.3 Å². The number of hydrogen-bond donors (Lipinski definition) is 1. The van der Waals surface area contributed by atoms with Gasteiger partial charge in [0.2, 0.25) is 0 Å². The van der Waals surface area contributed by atoms with Crippen molar-refractivity contribution in [3.8, 4) is 10.6 Å². The molecule has 4 rings (SSSR count). The fourth-order valence-electron chi connectivity index (χ4n) is 2.63. The Morgan fingerprint density at radius 2 is 2.21 bits per heavy atom. The zero-order chi connectivity index (χ0) is 16.7. The Morgan fingerprint density at radius 3 is 2.92 bits per heavy atom. The summed E-state index contributed by atoms with van der Waals surface area (Å²) in [5, 5.41) is 9.47. The van der Waals surface area contributed by atoms with Crippen molar-refractivity contribution in [3.63, 3.8) is 0 Å². The van der Waals surface area contributed by atoms with Gasteiger partial charge in [-0.25, -0.2) is 9.78 Å². The lowest BCUT2D eigenvalue weighted by Gasteiger charge is -2.18. The monoisotopic (exact) mass is 359 g/mol. The standard InChI is InChI=1S/C16H13N3O3S2/c1-16(12-3-2-5-22-12)14(20)19(15(21)18-16)7-11-9-24-13(17-11)10-4-6-23-8-10/h2-6,8-9H,7H2,1H3,(H,18,21)/t16-/m0/s1. The van der Waals surface area contributed by atoms with Crippen molar-refractivity contribution >= 4 is 34.6 Å². The molecule has 1 aliphatic heterocycles. The van der Waals surface area contributed by atoms with Crippen LogP contribution in [0, 0.1) is 0 Å². The average molecular weight is 359 g/mol. The normalized spacial score (nSPS) is 20.6. The summed E-state index contributed by atoms with van der Waals surface area (Å²) in [4.78, 5) is 30.7. The van der Waals surface area contributed by atoms with E-state index < -0.39 is 11.6 Å². The third-order valence-electron chi connectivity index (χ3n) is 3.93. The van der Waals surface area contributed by atoms with Crippen LogP contribution in [0.5, 0.6) is 0 Å². The largest absolute Gasteiger partial charge is 0.466 e. The van der Waals surface area contributed by atoms with Crippen LogP contribution in [0.3, 0.4) is 0 Å². The molecular weight excluding hydrogens is 346 g/mol. The van der Waals surface area contributed by atoms with Gasteiger partial charge in [0.1, 0.15) is 10.8 Å².